The Morgan fingerprint density at radius 2 is 1.91 bits per heavy atom. The summed E-state index contributed by atoms with van der Waals surface area (Å²) in [5.74, 6) is 0.0722. The lowest BCUT2D eigenvalue weighted by Gasteiger charge is -2.38. The second-order valence-electron chi connectivity index (χ2n) is 8.10. The van der Waals surface area contributed by atoms with Gasteiger partial charge >= 0.3 is 5.97 Å². The van der Waals surface area contributed by atoms with Crippen LogP contribution in [0.5, 0.6) is 0 Å². The number of allylic oxidation sites excluding steroid dienone is 1. The lowest BCUT2D eigenvalue weighted by atomic mass is 9.92. The van der Waals surface area contributed by atoms with Crippen molar-refractivity contribution in [1.29, 1.82) is 0 Å². The molecule has 0 N–H and O–H groups in total. The van der Waals surface area contributed by atoms with Crippen molar-refractivity contribution in [3.05, 3.63) is 82.7 Å². The van der Waals surface area contributed by atoms with Crippen LogP contribution < -0.4 is 0 Å². The fourth-order valence-electron chi connectivity index (χ4n) is 4.29. The van der Waals surface area contributed by atoms with Gasteiger partial charge in [0.15, 0.2) is 5.17 Å². The third kappa shape index (κ3) is 4.39. The highest BCUT2D eigenvalue weighted by Crippen LogP contribution is 2.43. The number of aromatic nitrogens is 2. The smallest absolute Gasteiger partial charge is 0.338 e. The first kappa shape index (κ1) is 23.4. The number of halogens is 1. The number of carbonyl (C=O) groups is 2. The van der Waals surface area contributed by atoms with Gasteiger partial charge in [-0.15, -0.1) is 0 Å². The van der Waals surface area contributed by atoms with Crippen molar-refractivity contribution in [2.24, 2.45) is 4.99 Å². The molecule has 0 bridgehead atoms. The topological polar surface area (TPSA) is 76.8 Å². The maximum Gasteiger partial charge on any atom is 0.338 e. The minimum Gasteiger partial charge on any atom is -0.463 e. The van der Waals surface area contributed by atoms with Crippen LogP contribution in [0.2, 0.25) is 5.02 Å². The number of benzene rings is 2. The predicted octanol–water partition coefficient (Wildman–Crippen LogP) is 5.41. The molecule has 1 saturated heterocycles. The number of thioether (sulfide) groups is 1. The van der Waals surface area contributed by atoms with Crippen molar-refractivity contribution in [3.8, 4) is 16.9 Å². The molecule has 1 aromatic heterocycles. The zero-order valence-electron chi connectivity index (χ0n) is 19.3. The number of esters is 1. The molecule has 35 heavy (non-hydrogen) atoms. The molecule has 0 unspecified atom stereocenters. The molecule has 7 nitrogen and oxygen atoms in total. The molecular formula is C26H23ClN4O3S. The Kier molecular flexibility index (Phi) is 6.49. The molecular weight excluding hydrogens is 484 g/mol. The van der Waals surface area contributed by atoms with Gasteiger partial charge in [-0.2, -0.15) is 5.10 Å². The van der Waals surface area contributed by atoms with E-state index in [0.29, 0.717) is 44.9 Å². The average molecular weight is 507 g/mol. The molecule has 5 rings (SSSR count). The summed E-state index contributed by atoms with van der Waals surface area (Å²) >= 11 is 7.66. The third-order valence-corrected chi connectivity index (χ3v) is 7.08. The lowest BCUT2D eigenvalue weighted by molar-refractivity contribution is -0.139. The lowest BCUT2D eigenvalue weighted by Crippen LogP contribution is -2.45. The SMILES string of the molecule is CCOC(=O)C1=C(C)N=C2SCCC(=O)N2[C@H]1c1cn(-c2ccccc2)nc1-c1ccc(Cl)cc1. The van der Waals surface area contributed by atoms with Crippen molar-refractivity contribution in [1.82, 2.24) is 14.7 Å². The number of amidine groups is 1. The number of aliphatic imine (C=N–C) groups is 1. The molecule has 0 saturated carbocycles. The van der Waals surface area contributed by atoms with Gasteiger partial charge in [0.25, 0.3) is 0 Å². The Bertz CT molecular complexity index is 1350. The third-order valence-electron chi connectivity index (χ3n) is 5.88. The number of nitrogens with zero attached hydrogens (tertiary/aromatic N) is 4. The summed E-state index contributed by atoms with van der Waals surface area (Å²) in [5, 5.41) is 6.09. The van der Waals surface area contributed by atoms with E-state index in [-0.39, 0.29) is 12.5 Å². The van der Waals surface area contributed by atoms with Gasteiger partial charge in [0.2, 0.25) is 5.91 Å². The van der Waals surface area contributed by atoms with Crippen molar-refractivity contribution >= 4 is 40.4 Å². The van der Waals surface area contributed by atoms with Gasteiger partial charge in [-0.05, 0) is 38.1 Å². The van der Waals surface area contributed by atoms with Crippen LogP contribution in [-0.2, 0) is 14.3 Å². The van der Waals surface area contributed by atoms with Gasteiger partial charge in [0, 0.05) is 34.5 Å². The fraction of sp³-hybridized carbons (Fsp3) is 0.231. The maximum atomic E-state index is 13.2. The van der Waals surface area contributed by atoms with Gasteiger partial charge in [-0.1, -0.05) is 53.7 Å². The zero-order chi connectivity index (χ0) is 24.5. The first-order valence-corrected chi connectivity index (χ1v) is 12.7. The molecule has 2 aliphatic rings. The number of hydrogen-bond acceptors (Lipinski definition) is 6. The summed E-state index contributed by atoms with van der Waals surface area (Å²) in [6.07, 6.45) is 2.24. The molecule has 0 spiro atoms. The van der Waals surface area contributed by atoms with Crippen molar-refractivity contribution in [2.75, 3.05) is 12.4 Å². The first-order chi connectivity index (χ1) is 17.0. The molecule has 1 fully saturated rings. The maximum absolute atomic E-state index is 13.2. The second kappa shape index (κ2) is 9.71. The minimum absolute atomic E-state index is 0.0867. The average Bonchev–Trinajstić information content (AvgIpc) is 3.29. The molecule has 1 amide bonds. The number of rotatable bonds is 5. The summed E-state index contributed by atoms with van der Waals surface area (Å²) < 4.78 is 7.18. The normalized spacial score (nSPS) is 17.8. The van der Waals surface area contributed by atoms with Crippen LogP contribution in [0.4, 0.5) is 0 Å². The van der Waals surface area contributed by atoms with Crippen LogP contribution in [0.1, 0.15) is 31.9 Å². The van der Waals surface area contributed by atoms with E-state index in [9.17, 15) is 9.59 Å². The quantitative estimate of drug-likeness (QED) is 0.433. The first-order valence-electron chi connectivity index (χ1n) is 11.3. The molecule has 2 aliphatic heterocycles. The van der Waals surface area contributed by atoms with Crippen LogP contribution >= 0.6 is 23.4 Å². The second-order valence-corrected chi connectivity index (χ2v) is 9.60. The summed E-state index contributed by atoms with van der Waals surface area (Å²) in [6, 6.07) is 16.3. The predicted molar refractivity (Wildman–Crippen MR) is 137 cm³/mol. The van der Waals surface area contributed by atoms with Crippen LogP contribution in [0.25, 0.3) is 16.9 Å². The Morgan fingerprint density at radius 1 is 1.17 bits per heavy atom. The van der Waals surface area contributed by atoms with Crippen molar-refractivity contribution in [3.63, 3.8) is 0 Å². The van der Waals surface area contributed by atoms with E-state index in [4.69, 9.17) is 21.4 Å². The molecule has 0 radical (unpaired) electrons. The van der Waals surface area contributed by atoms with Gasteiger partial charge in [0.1, 0.15) is 6.04 Å². The number of ether oxygens (including phenoxy) is 1. The highest BCUT2D eigenvalue weighted by Gasteiger charge is 2.43. The van der Waals surface area contributed by atoms with Gasteiger partial charge in [-0.25, -0.2) is 14.5 Å². The standard InChI is InChI=1S/C26H23ClN4O3S/c1-3-34-25(33)22-16(2)28-26-31(21(32)13-14-35-26)24(22)20-15-30(19-7-5-4-6-8-19)29-23(20)17-9-11-18(27)12-10-17/h4-12,15,24H,3,13-14H2,1-2H3/t24-/m0/s1. The number of hydrogen-bond donors (Lipinski definition) is 0. The van der Waals surface area contributed by atoms with E-state index in [1.54, 1.807) is 35.6 Å². The molecule has 9 heteroatoms. The molecule has 2 aromatic carbocycles. The van der Waals surface area contributed by atoms with Crippen LogP contribution in [0.3, 0.4) is 0 Å². The number of amides is 1. The summed E-state index contributed by atoms with van der Waals surface area (Å²) in [6.45, 7) is 3.76. The van der Waals surface area contributed by atoms with Crippen LogP contribution in [-0.4, -0.2) is 44.1 Å². The Hall–Kier alpha value is -3.36. The Balaban J connectivity index is 1.75. The van der Waals surface area contributed by atoms with E-state index < -0.39 is 12.0 Å². The Labute approximate surface area is 212 Å². The van der Waals surface area contributed by atoms with E-state index in [0.717, 1.165) is 11.3 Å². The number of carbonyl (C=O) groups excluding carboxylic acids is 2. The number of para-hydroxylation sites is 1. The highest BCUT2D eigenvalue weighted by molar-refractivity contribution is 8.14. The Morgan fingerprint density at radius 3 is 2.63 bits per heavy atom. The number of fused-ring (bicyclic) bond motifs is 1. The molecule has 3 heterocycles. The molecule has 178 valence electrons. The monoisotopic (exact) mass is 506 g/mol. The fourth-order valence-corrected chi connectivity index (χ4v) is 5.43. The van der Waals surface area contributed by atoms with Crippen molar-refractivity contribution < 1.29 is 14.3 Å². The van der Waals surface area contributed by atoms with E-state index in [1.807, 2.05) is 48.7 Å². The zero-order valence-corrected chi connectivity index (χ0v) is 20.8. The van der Waals surface area contributed by atoms with E-state index in [2.05, 4.69) is 4.99 Å². The van der Waals surface area contributed by atoms with Crippen molar-refractivity contribution in [2.45, 2.75) is 26.3 Å². The summed E-state index contributed by atoms with van der Waals surface area (Å²) in [7, 11) is 0. The van der Waals surface area contributed by atoms with Crippen LogP contribution in [0.15, 0.2) is 77.1 Å². The molecule has 1 atom stereocenters. The molecule has 0 aliphatic carbocycles. The largest absolute Gasteiger partial charge is 0.463 e. The summed E-state index contributed by atoms with van der Waals surface area (Å²) in [4.78, 5) is 32.7. The van der Waals surface area contributed by atoms with E-state index in [1.165, 1.54) is 11.8 Å². The highest BCUT2D eigenvalue weighted by atomic mass is 35.5. The van der Waals surface area contributed by atoms with Crippen LogP contribution in [0, 0.1) is 0 Å². The summed E-state index contributed by atoms with van der Waals surface area (Å²) in [5.41, 5.74) is 3.92. The minimum atomic E-state index is -0.718. The van der Waals surface area contributed by atoms with E-state index >= 15 is 0 Å². The van der Waals surface area contributed by atoms with Gasteiger partial charge in [-0.3, -0.25) is 9.69 Å². The molecule has 3 aromatic rings. The van der Waals surface area contributed by atoms with Gasteiger partial charge < -0.3 is 4.74 Å². The van der Waals surface area contributed by atoms with Gasteiger partial charge in [0.05, 0.1) is 29.3 Å².